The van der Waals surface area contributed by atoms with Crippen molar-refractivity contribution in [3.8, 4) is 11.5 Å². The Balaban J connectivity index is 1.36. The maximum Gasteiger partial charge on any atom is 0.323 e. The molecule has 4 atom stereocenters. The lowest BCUT2D eigenvalue weighted by molar-refractivity contribution is -0.0115. The smallest absolute Gasteiger partial charge is 0.323 e. The second-order valence-electron chi connectivity index (χ2n) is 13.7. The predicted molar refractivity (Wildman–Crippen MR) is 208 cm³/mol. The molecule has 0 fully saturated rings. The number of urea groups is 2. The Morgan fingerprint density at radius 1 is 0.962 bits per heavy atom. The molecule has 5 amide bonds. The molecule has 0 saturated carbocycles. The summed E-state index contributed by atoms with van der Waals surface area (Å²) in [7, 11) is 3.29. The largest absolute Gasteiger partial charge is 0.497 e. The lowest BCUT2D eigenvalue weighted by Gasteiger charge is -2.35. The van der Waals surface area contributed by atoms with Crippen LogP contribution < -0.4 is 25.4 Å². The molecule has 4 aromatic rings. The van der Waals surface area contributed by atoms with Crippen molar-refractivity contribution in [2.75, 3.05) is 56.4 Å². The average molecular weight is 726 g/mol. The second-order valence-corrected chi connectivity index (χ2v) is 13.7. The summed E-state index contributed by atoms with van der Waals surface area (Å²) in [6.45, 7) is 6.42. The minimum absolute atomic E-state index is 0.204. The van der Waals surface area contributed by atoms with Crippen molar-refractivity contribution in [1.29, 1.82) is 0 Å². The van der Waals surface area contributed by atoms with E-state index in [-0.39, 0.29) is 49.2 Å². The van der Waals surface area contributed by atoms with Gasteiger partial charge in [0.15, 0.2) is 0 Å². The van der Waals surface area contributed by atoms with E-state index in [2.05, 4.69) is 16.0 Å². The number of fused-ring (bicyclic) bond motifs is 2. The van der Waals surface area contributed by atoms with E-state index in [4.69, 9.17) is 14.2 Å². The molecule has 4 N–H and O–H groups in total. The highest BCUT2D eigenvalue weighted by Crippen LogP contribution is 2.29. The number of aliphatic hydroxyl groups is 1. The third-order valence-corrected chi connectivity index (χ3v) is 9.49. The topological polar surface area (TPSA) is 142 Å². The molecule has 1 heterocycles. The fraction of sp³-hybridized carbons (Fsp3) is 0.390. The predicted octanol–water partition coefficient (Wildman–Crippen LogP) is 7.45. The normalized spacial score (nSPS) is 18.9. The summed E-state index contributed by atoms with van der Waals surface area (Å²) < 4.78 is 18.0. The van der Waals surface area contributed by atoms with Crippen molar-refractivity contribution in [2.24, 2.45) is 5.92 Å². The molecule has 12 nitrogen and oxygen atoms in total. The van der Waals surface area contributed by atoms with Gasteiger partial charge in [-0.2, -0.15) is 0 Å². The summed E-state index contributed by atoms with van der Waals surface area (Å²) in [6.07, 6.45) is 1.73. The third-order valence-electron chi connectivity index (χ3n) is 9.49. The van der Waals surface area contributed by atoms with Gasteiger partial charge in [0.05, 0.1) is 43.2 Å². The van der Waals surface area contributed by atoms with E-state index < -0.39 is 18.2 Å². The van der Waals surface area contributed by atoms with Gasteiger partial charge in [0, 0.05) is 49.4 Å². The standard InChI is InChI=1S/C41H51N5O7/c1-27-24-46(28(2)26-47)39(48)35-23-32(42-40(49)44-36-15-10-13-30-12-6-7-14-34(30)36)18-21-37(35)53-29(3)11-8-9-22-52-38(27)25-45(4)41(50)43-31-16-19-33(51-5)20-17-31/h6-7,10,12-21,23,27-29,38,47H,8-9,11,22,24-26H2,1-5H3,(H,43,50)(H2,42,44,49)/t27-,28+,29+,38+/m0/s1. The maximum atomic E-state index is 14.5. The van der Waals surface area contributed by atoms with Crippen LogP contribution in [0.2, 0.25) is 0 Å². The first-order chi connectivity index (χ1) is 25.6. The highest BCUT2D eigenvalue weighted by atomic mass is 16.5. The number of carbonyl (C=O) groups is 3. The molecule has 0 aliphatic carbocycles. The molecule has 0 bridgehead atoms. The van der Waals surface area contributed by atoms with Gasteiger partial charge in [-0.15, -0.1) is 0 Å². The van der Waals surface area contributed by atoms with Gasteiger partial charge in [0.2, 0.25) is 0 Å². The first-order valence-corrected chi connectivity index (χ1v) is 18.1. The van der Waals surface area contributed by atoms with Crippen LogP contribution in [0.4, 0.5) is 26.7 Å². The summed E-state index contributed by atoms with van der Waals surface area (Å²) in [5, 5.41) is 20.9. The molecule has 4 aromatic carbocycles. The Labute approximate surface area is 311 Å². The zero-order chi connectivity index (χ0) is 37.9. The number of amides is 5. The lowest BCUT2D eigenvalue weighted by atomic mass is 10.0. The second kappa shape index (κ2) is 18.4. The zero-order valence-electron chi connectivity index (χ0n) is 31.1. The van der Waals surface area contributed by atoms with E-state index in [0.29, 0.717) is 35.2 Å². The minimum atomic E-state index is -0.550. The summed E-state index contributed by atoms with van der Waals surface area (Å²) >= 11 is 0. The molecule has 53 heavy (non-hydrogen) atoms. The molecule has 0 spiro atoms. The molecular weight excluding hydrogens is 674 g/mol. The van der Waals surface area contributed by atoms with Crippen LogP contribution in [0.5, 0.6) is 11.5 Å². The monoisotopic (exact) mass is 725 g/mol. The van der Waals surface area contributed by atoms with Crippen LogP contribution in [0.1, 0.15) is 50.4 Å². The highest BCUT2D eigenvalue weighted by Gasteiger charge is 2.31. The highest BCUT2D eigenvalue weighted by molar-refractivity contribution is 6.07. The molecular formula is C41H51N5O7. The molecule has 12 heteroatoms. The summed E-state index contributed by atoms with van der Waals surface area (Å²) in [6, 6.07) is 24.3. The molecule has 0 aromatic heterocycles. The number of ether oxygens (including phenoxy) is 3. The number of aliphatic hydroxyl groups excluding tert-OH is 1. The Morgan fingerprint density at radius 3 is 2.45 bits per heavy atom. The maximum absolute atomic E-state index is 14.5. The number of carbonyl (C=O) groups excluding carboxylic acids is 3. The van der Waals surface area contributed by atoms with Crippen LogP contribution >= 0.6 is 0 Å². The van der Waals surface area contributed by atoms with E-state index in [9.17, 15) is 19.5 Å². The summed E-state index contributed by atoms with van der Waals surface area (Å²) in [5.74, 6) is 0.487. The number of benzene rings is 4. The molecule has 5 rings (SSSR count). The Morgan fingerprint density at radius 2 is 1.70 bits per heavy atom. The number of nitrogens with one attached hydrogen (secondary N) is 3. The van der Waals surface area contributed by atoms with Crippen LogP contribution in [0.3, 0.4) is 0 Å². The fourth-order valence-electron chi connectivity index (χ4n) is 6.33. The quantitative estimate of drug-likeness (QED) is 0.148. The molecule has 0 radical (unpaired) electrons. The van der Waals surface area contributed by atoms with E-state index >= 15 is 0 Å². The average Bonchev–Trinajstić information content (AvgIpc) is 3.16. The van der Waals surface area contributed by atoms with Gasteiger partial charge in [-0.1, -0.05) is 43.3 Å². The van der Waals surface area contributed by atoms with Crippen LogP contribution in [0, 0.1) is 5.92 Å². The third kappa shape index (κ3) is 10.4. The van der Waals surface area contributed by atoms with E-state index in [1.807, 2.05) is 56.3 Å². The van der Waals surface area contributed by atoms with Gasteiger partial charge in [0.1, 0.15) is 11.5 Å². The number of anilines is 3. The summed E-state index contributed by atoms with van der Waals surface area (Å²) in [5.41, 5.74) is 1.95. The Hall–Kier alpha value is -5.33. The van der Waals surface area contributed by atoms with Crippen LogP contribution in [-0.4, -0.2) is 91.6 Å². The zero-order valence-corrected chi connectivity index (χ0v) is 31.1. The molecule has 1 aliphatic rings. The van der Waals surface area contributed by atoms with Crippen molar-refractivity contribution < 1.29 is 33.7 Å². The number of rotatable bonds is 8. The molecule has 1 aliphatic heterocycles. The van der Waals surface area contributed by atoms with Crippen LogP contribution in [0.15, 0.2) is 84.9 Å². The Kier molecular flexibility index (Phi) is 13.5. The van der Waals surface area contributed by atoms with Crippen molar-refractivity contribution in [3.05, 3.63) is 90.5 Å². The van der Waals surface area contributed by atoms with E-state index in [0.717, 1.165) is 30.0 Å². The van der Waals surface area contributed by atoms with Crippen LogP contribution in [0.25, 0.3) is 10.8 Å². The van der Waals surface area contributed by atoms with Crippen molar-refractivity contribution >= 4 is 45.8 Å². The first kappa shape index (κ1) is 38.9. The molecule has 0 saturated heterocycles. The van der Waals surface area contributed by atoms with Crippen molar-refractivity contribution in [2.45, 2.75) is 58.3 Å². The minimum Gasteiger partial charge on any atom is -0.497 e. The fourth-order valence-corrected chi connectivity index (χ4v) is 6.33. The van der Waals surface area contributed by atoms with Gasteiger partial charge in [-0.3, -0.25) is 4.79 Å². The van der Waals surface area contributed by atoms with Crippen LogP contribution in [-0.2, 0) is 4.74 Å². The molecule has 0 unspecified atom stereocenters. The molecule has 282 valence electrons. The Bertz CT molecular complexity index is 1850. The SMILES string of the molecule is COc1ccc(NC(=O)N(C)C[C@H]2OCCCC[C@@H](C)Oc3ccc(NC(=O)Nc4cccc5ccccc45)cc3C(=O)N([C@H](C)CO)C[C@@H]2C)cc1. The number of likely N-dealkylation sites (N-methyl/N-ethyl adjacent to an activating group) is 1. The van der Waals surface area contributed by atoms with Crippen molar-refractivity contribution in [3.63, 3.8) is 0 Å². The van der Waals surface area contributed by atoms with Gasteiger partial charge in [-0.25, -0.2) is 9.59 Å². The van der Waals surface area contributed by atoms with Gasteiger partial charge < -0.3 is 45.1 Å². The van der Waals surface area contributed by atoms with Gasteiger partial charge in [-0.05, 0) is 87.0 Å². The number of hydrogen-bond acceptors (Lipinski definition) is 7. The number of methoxy groups -OCH3 is 1. The van der Waals surface area contributed by atoms with Gasteiger partial charge in [0.25, 0.3) is 5.91 Å². The summed E-state index contributed by atoms with van der Waals surface area (Å²) in [4.78, 5) is 44.1. The number of hydrogen-bond donors (Lipinski definition) is 4. The van der Waals surface area contributed by atoms with E-state index in [1.165, 1.54) is 0 Å². The lowest BCUT2D eigenvalue weighted by Crippen LogP contribution is -2.48. The first-order valence-electron chi connectivity index (χ1n) is 18.1. The van der Waals surface area contributed by atoms with E-state index in [1.54, 1.807) is 73.3 Å². The number of nitrogens with zero attached hydrogens (tertiary/aromatic N) is 2. The van der Waals surface area contributed by atoms with Crippen molar-refractivity contribution in [1.82, 2.24) is 9.80 Å². The van der Waals surface area contributed by atoms with Gasteiger partial charge >= 0.3 is 12.1 Å².